The fourth-order valence-electron chi connectivity index (χ4n) is 5.34. The Bertz CT molecular complexity index is 504. The van der Waals surface area contributed by atoms with E-state index in [0.717, 1.165) is 24.2 Å². The van der Waals surface area contributed by atoms with Gasteiger partial charge in [-0.25, -0.2) is 0 Å². The van der Waals surface area contributed by atoms with Gasteiger partial charge >= 0.3 is 5.97 Å². The van der Waals surface area contributed by atoms with E-state index in [-0.39, 0.29) is 11.5 Å². The predicted molar refractivity (Wildman–Crippen MR) is 84.9 cm³/mol. The summed E-state index contributed by atoms with van der Waals surface area (Å²) in [5.41, 5.74) is 4.50. The highest BCUT2D eigenvalue weighted by Crippen LogP contribution is 2.55. The highest BCUT2D eigenvalue weighted by Gasteiger charge is 2.51. The summed E-state index contributed by atoms with van der Waals surface area (Å²) in [5.74, 6) is 2.46. The van der Waals surface area contributed by atoms with Gasteiger partial charge in [0.2, 0.25) is 0 Å². The Morgan fingerprint density at radius 2 is 1.64 bits per heavy atom. The fourth-order valence-corrected chi connectivity index (χ4v) is 5.34. The zero-order valence-electron chi connectivity index (χ0n) is 13.1. The molecule has 1 aromatic carbocycles. The molecule has 0 spiro atoms. The molecule has 0 saturated heterocycles. The molecule has 22 heavy (non-hydrogen) atoms. The van der Waals surface area contributed by atoms with Gasteiger partial charge in [-0.3, -0.25) is 4.79 Å². The summed E-state index contributed by atoms with van der Waals surface area (Å²) in [6.45, 7) is 0. The first kappa shape index (κ1) is 14.3. The van der Waals surface area contributed by atoms with Crippen LogP contribution in [0, 0.1) is 17.8 Å². The summed E-state index contributed by atoms with van der Waals surface area (Å²) in [6.07, 6.45) is 9.02. The first-order chi connectivity index (χ1) is 10.7. The van der Waals surface area contributed by atoms with E-state index in [0.29, 0.717) is 6.42 Å². The lowest BCUT2D eigenvalue weighted by molar-refractivity contribution is -0.165. The quantitative estimate of drug-likeness (QED) is 0.844. The van der Waals surface area contributed by atoms with Crippen LogP contribution in [-0.2, 0) is 16.1 Å². The molecule has 0 unspecified atom stereocenters. The Labute approximate surface area is 132 Å². The van der Waals surface area contributed by atoms with Gasteiger partial charge in [-0.1, -0.05) is 30.3 Å². The Balaban J connectivity index is 1.28. The molecule has 118 valence electrons. The molecule has 0 amide bonds. The van der Waals surface area contributed by atoms with E-state index in [2.05, 4.69) is 17.6 Å². The number of carbonyl (C=O) groups is 1. The maximum Gasteiger partial charge on any atom is 0.325 e. The van der Waals surface area contributed by atoms with Crippen LogP contribution in [-0.4, -0.2) is 11.5 Å². The number of nitrogens with one attached hydrogen (secondary N) is 1. The highest BCUT2D eigenvalue weighted by molar-refractivity contribution is 5.69. The molecule has 4 aliphatic carbocycles. The molecule has 0 aromatic heterocycles. The lowest BCUT2D eigenvalue weighted by atomic mass is 9.53. The van der Waals surface area contributed by atoms with Crippen LogP contribution in [0.15, 0.2) is 30.3 Å². The second-order valence-corrected chi connectivity index (χ2v) is 7.76. The summed E-state index contributed by atoms with van der Waals surface area (Å²) < 4.78 is 0. The third kappa shape index (κ3) is 2.91. The molecule has 4 saturated carbocycles. The van der Waals surface area contributed by atoms with Gasteiger partial charge in [0.15, 0.2) is 0 Å². The first-order valence-corrected chi connectivity index (χ1v) is 8.72. The van der Waals surface area contributed by atoms with Crippen LogP contribution in [0.2, 0.25) is 0 Å². The zero-order valence-corrected chi connectivity index (χ0v) is 13.1. The Kier molecular flexibility index (Phi) is 3.69. The van der Waals surface area contributed by atoms with Crippen molar-refractivity contribution in [2.75, 3.05) is 0 Å². The average Bonchev–Trinajstić information content (AvgIpc) is 2.51. The Morgan fingerprint density at radius 1 is 1.05 bits per heavy atom. The normalized spacial score (nSPS) is 35.5. The smallest absolute Gasteiger partial charge is 0.325 e. The molecule has 0 radical (unpaired) electrons. The lowest BCUT2D eigenvalue weighted by Crippen LogP contribution is -2.58. The minimum Gasteiger partial charge on any atom is -0.370 e. The van der Waals surface area contributed by atoms with Crippen LogP contribution in [0.25, 0.3) is 0 Å². The third-order valence-electron chi connectivity index (χ3n) is 5.88. The van der Waals surface area contributed by atoms with Gasteiger partial charge in [-0.2, -0.15) is 0 Å². The van der Waals surface area contributed by atoms with E-state index >= 15 is 0 Å². The van der Waals surface area contributed by atoms with Crippen molar-refractivity contribution in [1.29, 1.82) is 0 Å². The molecule has 3 heteroatoms. The number of carbonyl (C=O) groups excluding carboxylic acids is 1. The minimum atomic E-state index is -0.125. The van der Waals surface area contributed by atoms with Crippen molar-refractivity contribution in [3.8, 4) is 0 Å². The van der Waals surface area contributed by atoms with E-state index in [1.54, 1.807) is 0 Å². The maximum absolute atomic E-state index is 12.0. The van der Waals surface area contributed by atoms with Crippen molar-refractivity contribution in [3.05, 3.63) is 35.9 Å². The van der Waals surface area contributed by atoms with E-state index < -0.39 is 0 Å². The average molecular weight is 299 g/mol. The summed E-state index contributed by atoms with van der Waals surface area (Å²) >= 11 is 0. The molecular weight excluding hydrogens is 274 g/mol. The SMILES string of the molecule is O=C(CCc1ccccc1)ONC12CC3CC(CC(C3)C1)C2. The Hall–Kier alpha value is -1.35. The van der Waals surface area contributed by atoms with Gasteiger partial charge in [-0.05, 0) is 68.3 Å². The largest absolute Gasteiger partial charge is 0.370 e. The molecular formula is C19H25NO2. The second kappa shape index (κ2) is 5.69. The van der Waals surface area contributed by atoms with Gasteiger partial charge in [0.1, 0.15) is 0 Å². The van der Waals surface area contributed by atoms with Crippen molar-refractivity contribution in [1.82, 2.24) is 5.48 Å². The molecule has 4 aliphatic rings. The molecule has 5 rings (SSSR count). The van der Waals surface area contributed by atoms with Gasteiger partial charge in [-0.15, -0.1) is 5.48 Å². The van der Waals surface area contributed by atoms with Crippen molar-refractivity contribution in [2.24, 2.45) is 17.8 Å². The van der Waals surface area contributed by atoms with Crippen LogP contribution in [0.3, 0.4) is 0 Å². The number of aryl methyl sites for hydroxylation is 1. The molecule has 1 N–H and O–H groups in total. The van der Waals surface area contributed by atoms with E-state index in [1.807, 2.05) is 18.2 Å². The van der Waals surface area contributed by atoms with Gasteiger partial charge < -0.3 is 4.84 Å². The standard InChI is InChI=1S/C19H25NO2/c21-18(7-6-14-4-2-1-3-5-14)22-20-19-11-15-8-16(12-19)10-17(9-15)13-19/h1-5,15-17,20H,6-13H2. The third-order valence-corrected chi connectivity index (χ3v) is 5.88. The highest BCUT2D eigenvalue weighted by atomic mass is 16.7. The van der Waals surface area contributed by atoms with Crippen molar-refractivity contribution >= 4 is 5.97 Å². The molecule has 0 aliphatic heterocycles. The molecule has 3 nitrogen and oxygen atoms in total. The topological polar surface area (TPSA) is 38.3 Å². The minimum absolute atomic E-state index is 0.0944. The summed E-state index contributed by atoms with van der Waals surface area (Å²) in [5, 5.41) is 0. The van der Waals surface area contributed by atoms with Crippen molar-refractivity contribution < 1.29 is 9.63 Å². The molecule has 0 heterocycles. The summed E-state index contributed by atoms with van der Waals surface area (Å²) in [7, 11) is 0. The molecule has 4 bridgehead atoms. The molecule has 4 fully saturated rings. The monoisotopic (exact) mass is 299 g/mol. The molecule has 0 atom stereocenters. The van der Waals surface area contributed by atoms with Crippen molar-refractivity contribution in [3.63, 3.8) is 0 Å². The van der Waals surface area contributed by atoms with E-state index in [1.165, 1.54) is 44.1 Å². The number of benzene rings is 1. The summed E-state index contributed by atoms with van der Waals surface area (Å²) in [4.78, 5) is 17.5. The van der Waals surface area contributed by atoms with Gasteiger partial charge in [0.05, 0.1) is 12.0 Å². The lowest BCUT2D eigenvalue weighted by Gasteiger charge is -2.56. The van der Waals surface area contributed by atoms with Crippen LogP contribution in [0.4, 0.5) is 0 Å². The number of hydrogen-bond donors (Lipinski definition) is 1. The van der Waals surface area contributed by atoms with Gasteiger partial charge in [0, 0.05) is 0 Å². The molecule has 1 aromatic rings. The zero-order chi connectivity index (χ0) is 15.0. The summed E-state index contributed by atoms with van der Waals surface area (Å²) in [6, 6.07) is 10.1. The number of hydroxylamine groups is 1. The second-order valence-electron chi connectivity index (χ2n) is 7.76. The van der Waals surface area contributed by atoms with E-state index in [9.17, 15) is 4.79 Å². The maximum atomic E-state index is 12.0. The van der Waals surface area contributed by atoms with Crippen LogP contribution < -0.4 is 5.48 Å². The number of hydrogen-bond acceptors (Lipinski definition) is 3. The van der Waals surface area contributed by atoms with Crippen LogP contribution in [0.5, 0.6) is 0 Å². The first-order valence-electron chi connectivity index (χ1n) is 8.72. The van der Waals surface area contributed by atoms with Crippen molar-refractivity contribution in [2.45, 2.75) is 56.9 Å². The fraction of sp³-hybridized carbons (Fsp3) is 0.632. The Morgan fingerprint density at radius 3 is 2.23 bits per heavy atom. The number of rotatable bonds is 5. The van der Waals surface area contributed by atoms with Crippen LogP contribution in [0.1, 0.15) is 50.5 Å². The van der Waals surface area contributed by atoms with Gasteiger partial charge in [0.25, 0.3) is 0 Å². The van der Waals surface area contributed by atoms with E-state index in [4.69, 9.17) is 4.84 Å². The predicted octanol–water partition coefficient (Wildman–Crippen LogP) is 3.64. The van der Waals surface area contributed by atoms with Crippen LogP contribution >= 0.6 is 0 Å².